The SMILES string of the molecule is CN=C(NCCS(=O)(=O)NCC1CCC1)NCC(c1ccco1)N1CCCC1.I. The summed E-state index contributed by atoms with van der Waals surface area (Å²) in [4.78, 5) is 6.62. The van der Waals surface area contributed by atoms with E-state index in [1.165, 1.54) is 19.3 Å². The first kappa shape index (κ1) is 24.4. The van der Waals surface area contributed by atoms with Gasteiger partial charge in [-0.1, -0.05) is 6.42 Å². The summed E-state index contributed by atoms with van der Waals surface area (Å²) < 4.78 is 32.6. The van der Waals surface area contributed by atoms with Gasteiger partial charge in [0.05, 0.1) is 18.1 Å². The van der Waals surface area contributed by atoms with Crippen molar-refractivity contribution >= 4 is 40.0 Å². The minimum Gasteiger partial charge on any atom is -0.468 e. The fraction of sp³-hybridized carbons (Fsp3) is 0.737. The highest BCUT2D eigenvalue weighted by molar-refractivity contribution is 14.0. The second kappa shape index (κ2) is 12.1. The molecule has 1 aliphatic heterocycles. The molecule has 2 fully saturated rings. The third kappa shape index (κ3) is 7.72. The molecule has 1 aliphatic carbocycles. The van der Waals surface area contributed by atoms with Crippen LogP contribution in [0.3, 0.4) is 0 Å². The molecular weight excluding hydrogens is 505 g/mol. The summed E-state index contributed by atoms with van der Waals surface area (Å²) in [6, 6.07) is 4.05. The predicted molar refractivity (Wildman–Crippen MR) is 126 cm³/mol. The number of hydrogen-bond donors (Lipinski definition) is 3. The highest BCUT2D eigenvalue weighted by Crippen LogP contribution is 2.25. The minimum absolute atomic E-state index is 0. The molecule has 0 amide bonds. The van der Waals surface area contributed by atoms with E-state index in [9.17, 15) is 8.42 Å². The van der Waals surface area contributed by atoms with Gasteiger partial charge in [0.25, 0.3) is 0 Å². The predicted octanol–water partition coefficient (Wildman–Crippen LogP) is 1.92. The van der Waals surface area contributed by atoms with Crippen LogP contribution in [0, 0.1) is 5.92 Å². The van der Waals surface area contributed by atoms with E-state index in [1.807, 2.05) is 12.1 Å². The standard InChI is InChI=1S/C19H33N5O3S.HI/c1-20-19(21-9-13-28(25,26)23-14-16-6-4-7-16)22-15-17(18-8-5-12-27-18)24-10-2-3-11-24;/h5,8,12,16-17,23H,2-4,6-7,9-11,13-15H2,1H3,(H2,20,21,22);1H. The topological polar surface area (TPSA) is 99.0 Å². The molecule has 3 rings (SSSR count). The molecule has 0 spiro atoms. The Bertz CT molecular complexity index is 716. The molecule has 1 unspecified atom stereocenters. The number of nitrogens with one attached hydrogen (secondary N) is 3. The molecule has 1 saturated heterocycles. The second-order valence-corrected chi connectivity index (χ2v) is 9.54. The van der Waals surface area contributed by atoms with Gasteiger partial charge >= 0.3 is 0 Å². The molecule has 0 bridgehead atoms. The molecule has 8 nitrogen and oxygen atoms in total. The number of hydrogen-bond acceptors (Lipinski definition) is 5. The number of rotatable bonds is 10. The second-order valence-electron chi connectivity index (χ2n) is 7.62. The van der Waals surface area contributed by atoms with Gasteiger partial charge in [-0.05, 0) is 56.8 Å². The van der Waals surface area contributed by atoms with E-state index < -0.39 is 10.0 Å². The maximum absolute atomic E-state index is 12.1. The van der Waals surface area contributed by atoms with Gasteiger partial charge in [-0.25, -0.2) is 13.1 Å². The van der Waals surface area contributed by atoms with Crippen molar-refractivity contribution in [3.63, 3.8) is 0 Å². The maximum Gasteiger partial charge on any atom is 0.213 e. The Hall–Kier alpha value is -0.850. The Balaban J connectivity index is 0.00000300. The smallest absolute Gasteiger partial charge is 0.213 e. The van der Waals surface area contributed by atoms with Crippen LogP contribution in [0.5, 0.6) is 0 Å². The van der Waals surface area contributed by atoms with Gasteiger partial charge < -0.3 is 15.1 Å². The Morgan fingerprint density at radius 3 is 2.62 bits per heavy atom. The van der Waals surface area contributed by atoms with Crippen LogP contribution >= 0.6 is 24.0 Å². The number of nitrogens with zero attached hydrogens (tertiary/aromatic N) is 2. The van der Waals surface area contributed by atoms with E-state index in [0.29, 0.717) is 31.5 Å². The highest BCUT2D eigenvalue weighted by Gasteiger charge is 2.25. The van der Waals surface area contributed by atoms with Crippen molar-refractivity contribution in [2.75, 3.05) is 45.5 Å². The van der Waals surface area contributed by atoms with E-state index in [1.54, 1.807) is 13.3 Å². The third-order valence-corrected chi connectivity index (χ3v) is 6.97. The first-order chi connectivity index (χ1) is 13.6. The Labute approximate surface area is 191 Å². The van der Waals surface area contributed by atoms with Crippen molar-refractivity contribution in [2.24, 2.45) is 10.9 Å². The summed E-state index contributed by atoms with van der Waals surface area (Å²) in [5, 5.41) is 6.41. The molecule has 10 heteroatoms. The number of furan rings is 1. The van der Waals surface area contributed by atoms with Crippen LogP contribution in [0.2, 0.25) is 0 Å². The number of halogens is 1. The lowest BCUT2D eigenvalue weighted by Crippen LogP contribution is -2.44. The first-order valence-corrected chi connectivity index (χ1v) is 11.9. The van der Waals surface area contributed by atoms with Crippen LogP contribution in [-0.4, -0.2) is 64.8 Å². The fourth-order valence-electron chi connectivity index (χ4n) is 3.68. The minimum atomic E-state index is -3.26. The molecule has 29 heavy (non-hydrogen) atoms. The van der Waals surface area contributed by atoms with Gasteiger partial charge in [0.15, 0.2) is 5.96 Å². The Morgan fingerprint density at radius 2 is 2.03 bits per heavy atom. The number of aliphatic imine (C=N–C) groups is 1. The summed E-state index contributed by atoms with van der Waals surface area (Å²) in [7, 11) is -1.56. The van der Waals surface area contributed by atoms with Gasteiger partial charge in [-0.3, -0.25) is 9.89 Å². The summed E-state index contributed by atoms with van der Waals surface area (Å²) in [5.41, 5.74) is 0. The molecule has 1 aromatic heterocycles. The van der Waals surface area contributed by atoms with Gasteiger partial charge in [-0.2, -0.15) is 0 Å². The monoisotopic (exact) mass is 539 g/mol. The Morgan fingerprint density at radius 1 is 1.28 bits per heavy atom. The Kier molecular flexibility index (Phi) is 10.2. The normalized spacial score (nSPS) is 19.4. The molecule has 3 N–H and O–H groups in total. The van der Waals surface area contributed by atoms with Gasteiger partial charge in [0, 0.05) is 26.7 Å². The van der Waals surface area contributed by atoms with Gasteiger partial charge in [0.2, 0.25) is 10.0 Å². The fourth-order valence-corrected chi connectivity index (χ4v) is 4.68. The largest absolute Gasteiger partial charge is 0.468 e. The molecule has 1 atom stereocenters. The summed E-state index contributed by atoms with van der Waals surface area (Å²) in [6.07, 6.45) is 7.58. The zero-order valence-electron chi connectivity index (χ0n) is 17.1. The van der Waals surface area contributed by atoms with Crippen molar-refractivity contribution in [3.05, 3.63) is 24.2 Å². The highest BCUT2D eigenvalue weighted by atomic mass is 127. The summed E-state index contributed by atoms with van der Waals surface area (Å²) in [5.74, 6) is 2.09. The van der Waals surface area contributed by atoms with Gasteiger partial charge in [0.1, 0.15) is 5.76 Å². The van der Waals surface area contributed by atoms with Crippen LogP contribution in [-0.2, 0) is 10.0 Å². The van der Waals surface area contributed by atoms with Crippen LogP contribution in [0.1, 0.15) is 43.9 Å². The van der Waals surface area contributed by atoms with Crippen LogP contribution in [0.15, 0.2) is 27.8 Å². The van der Waals surface area contributed by atoms with E-state index in [0.717, 1.165) is 31.7 Å². The number of likely N-dealkylation sites (tertiary alicyclic amines) is 1. The number of sulfonamides is 1. The zero-order chi connectivity index (χ0) is 19.8. The summed E-state index contributed by atoms with van der Waals surface area (Å²) >= 11 is 0. The molecule has 2 aliphatic rings. The molecule has 2 heterocycles. The molecule has 0 aromatic carbocycles. The van der Waals surface area contributed by atoms with Crippen LogP contribution in [0.4, 0.5) is 0 Å². The van der Waals surface area contributed by atoms with E-state index in [2.05, 4.69) is 25.2 Å². The molecular formula is C19H34IN5O3S. The van der Waals surface area contributed by atoms with Crippen molar-refractivity contribution in [2.45, 2.75) is 38.1 Å². The zero-order valence-corrected chi connectivity index (χ0v) is 20.2. The number of guanidine groups is 1. The third-order valence-electron chi connectivity index (χ3n) is 5.62. The van der Waals surface area contributed by atoms with Crippen LogP contribution in [0.25, 0.3) is 0 Å². The van der Waals surface area contributed by atoms with Crippen molar-refractivity contribution in [3.8, 4) is 0 Å². The first-order valence-electron chi connectivity index (χ1n) is 10.3. The average molecular weight is 539 g/mol. The van der Waals surface area contributed by atoms with E-state index in [-0.39, 0.29) is 35.8 Å². The molecule has 0 radical (unpaired) electrons. The van der Waals surface area contributed by atoms with Crippen molar-refractivity contribution in [1.82, 2.24) is 20.3 Å². The van der Waals surface area contributed by atoms with E-state index in [4.69, 9.17) is 4.42 Å². The lowest BCUT2D eigenvalue weighted by molar-refractivity contribution is 0.215. The maximum atomic E-state index is 12.1. The molecule has 1 aromatic rings. The van der Waals surface area contributed by atoms with E-state index >= 15 is 0 Å². The van der Waals surface area contributed by atoms with Gasteiger partial charge in [-0.15, -0.1) is 24.0 Å². The van der Waals surface area contributed by atoms with Crippen molar-refractivity contribution in [1.29, 1.82) is 0 Å². The summed E-state index contributed by atoms with van der Waals surface area (Å²) in [6.45, 7) is 3.65. The average Bonchev–Trinajstić information content (AvgIpc) is 3.33. The lowest BCUT2D eigenvalue weighted by Gasteiger charge is -2.27. The molecule has 1 saturated carbocycles. The molecule has 166 valence electrons. The van der Waals surface area contributed by atoms with Crippen LogP contribution < -0.4 is 15.4 Å². The lowest BCUT2D eigenvalue weighted by atomic mass is 9.86. The van der Waals surface area contributed by atoms with Crippen molar-refractivity contribution < 1.29 is 12.8 Å². The quantitative estimate of drug-likeness (QED) is 0.239.